The fourth-order valence-electron chi connectivity index (χ4n) is 3.12. The van der Waals surface area contributed by atoms with Crippen molar-refractivity contribution in [2.45, 2.75) is 0 Å². The molecule has 0 unspecified atom stereocenters. The Balaban J connectivity index is 1.77. The van der Waals surface area contributed by atoms with Crippen molar-refractivity contribution in [3.05, 3.63) is 108 Å². The second kappa shape index (κ2) is 8.69. The van der Waals surface area contributed by atoms with E-state index in [0.29, 0.717) is 17.2 Å². The lowest BCUT2D eigenvalue weighted by Crippen LogP contribution is -1.83. The Hall–Kier alpha value is -4.16. The highest BCUT2D eigenvalue weighted by Crippen LogP contribution is 2.42. The third kappa shape index (κ3) is 4.07. The van der Waals surface area contributed by atoms with Gasteiger partial charge in [0.2, 0.25) is 5.88 Å². The molecule has 0 fully saturated rings. The molecule has 1 aromatic heterocycles. The standard InChI is InChI=1S/C26H18N2O/c27-19-23-24(21-14-6-2-7-15-21)25(22-16-8-3-9-17-22)29-26(23)28-18-10-13-20-11-4-1-5-12-20/h1-18H/b13-10+,28-18?. The largest absolute Gasteiger partial charge is 0.436 e. The van der Waals surface area contributed by atoms with Crippen LogP contribution in [0.2, 0.25) is 0 Å². The molecule has 0 bridgehead atoms. The Morgan fingerprint density at radius 2 is 1.34 bits per heavy atom. The van der Waals surface area contributed by atoms with Crippen LogP contribution in [0.3, 0.4) is 0 Å². The summed E-state index contributed by atoms with van der Waals surface area (Å²) in [6, 6.07) is 31.8. The van der Waals surface area contributed by atoms with Crippen LogP contribution < -0.4 is 0 Å². The van der Waals surface area contributed by atoms with Crippen LogP contribution in [-0.4, -0.2) is 6.21 Å². The summed E-state index contributed by atoms with van der Waals surface area (Å²) >= 11 is 0. The summed E-state index contributed by atoms with van der Waals surface area (Å²) in [5.74, 6) is 0.954. The predicted octanol–water partition coefficient (Wildman–Crippen LogP) is 6.90. The molecule has 0 aliphatic heterocycles. The number of hydrogen-bond acceptors (Lipinski definition) is 3. The monoisotopic (exact) mass is 374 g/mol. The molecule has 0 spiro atoms. The van der Waals surface area contributed by atoms with Crippen LogP contribution in [0, 0.1) is 11.3 Å². The van der Waals surface area contributed by atoms with Gasteiger partial charge in [0.25, 0.3) is 0 Å². The molecule has 138 valence electrons. The molecule has 0 saturated carbocycles. The van der Waals surface area contributed by atoms with Crippen LogP contribution in [0.1, 0.15) is 11.1 Å². The van der Waals surface area contributed by atoms with Crippen molar-refractivity contribution in [2.24, 2.45) is 4.99 Å². The van der Waals surface area contributed by atoms with E-state index in [0.717, 1.165) is 22.3 Å². The first-order chi connectivity index (χ1) is 14.4. The van der Waals surface area contributed by atoms with Gasteiger partial charge in [-0.2, -0.15) is 5.26 Å². The third-order valence-corrected chi connectivity index (χ3v) is 4.47. The Bertz CT molecular complexity index is 1180. The van der Waals surface area contributed by atoms with Crippen LogP contribution in [-0.2, 0) is 0 Å². The lowest BCUT2D eigenvalue weighted by atomic mass is 9.98. The number of allylic oxidation sites excluding steroid dienone is 1. The van der Waals surface area contributed by atoms with E-state index >= 15 is 0 Å². The van der Waals surface area contributed by atoms with Crippen molar-refractivity contribution in [1.82, 2.24) is 0 Å². The molecule has 0 N–H and O–H groups in total. The molecule has 0 aliphatic rings. The predicted molar refractivity (Wildman–Crippen MR) is 118 cm³/mol. The normalized spacial score (nSPS) is 11.1. The first-order valence-corrected chi connectivity index (χ1v) is 9.30. The van der Waals surface area contributed by atoms with Crippen LogP contribution >= 0.6 is 0 Å². The van der Waals surface area contributed by atoms with Gasteiger partial charge in [-0.25, -0.2) is 4.99 Å². The molecule has 3 nitrogen and oxygen atoms in total. The topological polar surface area (TPSA) is 49.3 Å². The number of nitriles is 1. The molecular weight excluding hydrogens is 356 g/mol. The minimum atomic E-state index is 0.308. The number of rotatable bonds is 5. The van der Waals surface area contributed by atoms with E-state index in [-0.39, 0.29) is 0 Å². The SMILES string of the molecule is N#Cc1c(N=C/C=C/c2ccccc2)oc(-c2ccccc2)c1-c1ccccc1. The molecule has 0 atom stereocenters. The Morgan fingerprint density at radius 3 is 1.97 bits per heavy atom. The smallest absolute Gasteiger partial charge is 0.238 e. The van der Waals surface area contributed by atoms with Gasteiger partial charge in [0.1, 0.15) is 17.4 Å². The Kier molecular flexibility index (Phi) is 5.46. The number of hydrogen-bond donors (Lipinski definition) is 0. The molecule has 0 amide bonds. The number of benzene rings is 3. The van der Waals surface area contributed by atoms with Gasteiger partial charge in [-0.3, -0.25) is 0 Å². The number of aliphatic imine (C=N–C) groups is 1. The fraction of sp³-hybridized carbons (Fsp3) is 0. The lowest BCUT2D eigenvalue weighted by molar-refractivity contribution is 0.593. The zero-order valence-electron chi connectivity index (χ0n) is 15.7. The average Bonchev–Trinajstić information content (AvgIpc) is 3.17. The van der Waals surface area contributed by atoms with Crippen LogP contribution in [0.4, 0.5) is 5.88 Å². The highest BCUT2D eigenvalue weighted by atomic mass is 16.4. The second-order valence-corrected chi connectivity index (χ2v) is 6.38. The second-order valence-electron chi connectivity index (χ2n) is 6.38. The number of furan rings is 1. The maximum absolute atomic E-state index is 9.85. The molecule has 0 radical (unpaired) electrons. The summed E-state index contributed by atoms with van der Waals surface area (Å²) in [5, 5.41) is 9.85. The minimum Gasteiger partial charge on any atom is -0.436 e. The zero-order chi connectivity index (χ0) is 19.9. The molecule has 29 heavy (non-hydrogen) atoms. The van der Waals surface area contributed by atoms with Crippen LogP contribution in [0.15, 0.2) is 106 Å². The third-order valence-electron chi connectivity index (χ3n) is 4.47. The summed E-state index contributed by atoms with van der Waals surface area (Å²) in [5.41, 5.74) is 4.10. The van der Waals surface area contributed by atoms with E-state index in [4.69, 9.17) is 4.42 Å². The van der Waals surface area contributed by atoms with Gasteiger partial charge >= 0.3 is 0 Å². The summed E-state index contributed by atoms with van der Waals surface area (Å²) in [7, 11) is 0. The highest BCUT2D eigenvalue weighted by molar-refractivity contribution is 5.89. The van der Waals surface area contributed by atoms with E-state index < -0.39 is 0 Å². The van der Waals surface area contributed by atoms with Gasteiger partial charge in [-0.1, -0.05) is 97.1 Å². The maximum Gasteiger partial charge on any atom is 0.238 e. The molecule has 3 aromatic carbocycles. The average molecular weight is 374 g/mol. The van der Waals surface area contributed by atoms with E-state index in [1.54, 1.807) is 6.21 Å². The van der Waals surface area contributed by atoms with Gasteiger partial charge in [0, 0.05) is 17.3 Å². The Labute approximate surface area is 169 Å². The minimum absolute atomic E-state index is 0.308. The first-order valence-electron chi connectivity index (χ1n) is 9.30. The summed E-state index contributed by atoms with van der Waals surface area (Å²) < 4.78 is 6.08. The summed E-state index contributed by atoms with van der Waals surface area (Å²) in [6.07, 6.45) is 5.44. The van der Waals surface area contributed by atoms with Crippen LogP contribution in [0.25, 0.3) is 28.5 Å². The number of nitrogens with zero attached hydrogens (tertiary/aromatic N) is 2. The first kappa shape index (κ1) is 18.2. The van der Waals surface area contributed by atoms with E-state index in [1.807, 2.05) is 103 Å². The highest BCUT2D eigenvalue weighted by Gasteiger charge is 2.22. The Morgan fingerprint density at radius 1 is 0.759 bits per heavy atom. The van der Waals surface area contributed by atoms with Crippen molar-refractivity contribution >= 4 is 18.2 Å². The van der Waals surface area contributed by atoms with Gasteiger partial charge in [0.15, 0.2) is 0 Å². The zero-order valence-corrected chi connectivity index (χ0v) is 15.7. The summed E-state index contributed by atoms with van der Waals surface area (Å²) in [6.45, 7) is 0. The molecule has 3 heteroatoms. The van der Waals surface area contributed by atoms with E-state index in [9.17, 15) is 5.26 Å². The molecule has 4 aromatic rings. The van der Waals surface area contributed by atoms with Crippen molar-refractivity contribution in [3.63, 3.8) is 0 Å². The van der Waals surface area contributed by atoms with Gasteiger partial charge < -0.3 is 4.42 Å². The van der Waals surface area contributed by atoms with Crippen molar-refractivity contribution < 1.29 is 4.42 Å². The van der Waals surface area contributed by atoms with Crippen molar-refractivity contribution in [2.75, 3.05) is 0 Å². The van der Waals surface area contributed by atoms with Gasteiger partial charge in [-0.05, 0) is 17.2 Å². The fourth-order valence-corrected chi connectivity index (χ4v) is 3.12. The van der Waals surface area contributed by atoms with E-state index in [2.05, 4.69) is 11.1 Å². The van der Waals surface area contributed by atoms with Gasteiger partial charge in [-0.15, -0.1) is 0 Å². The quantitative estimate of drug-likeness (QED) is 0.357. The van der Waals surface area contributed by atoms with E-state index in [1.165, 1.54) is 0 Å². The molecule has 1 heterocycles. The molecule has 0 aliphatic carbocycles. The van der Waals surface area contributed by atoms with Gasteiger partial charge in [0.05, 0.1) is 0 Å². The van der Waals surface area contributed by atoms with Crippen molar-refractivity contribution in [1.29, 1.82) is 5.26 Å². The van der Waals surface area contributed by atoms with Crippen molar-refractivity contribution in [3.8, 4) is 28.5 Å². The molecular formula is C26H18N2O. The summed E-state index contributed by atoms with van der Waals surface area (Å²) in [4.78, 5) is 4.42. The van der Waals surface area contributed by atoms with Crippen LogP contribution in [0.5, 0.6) is 0 Å². The molecule has 4 rings (SSSR count). The molecule has 0 saturated heterocycles. The maximum atomic E-state index is 9.85. The lowest BCUT2D eigenvalue weighted by Gasteiger charge is -2.03.